The molecule has 0 saturated carbocycles. The second-order valence-corrected chi connectivity index (χ2v) is 5.41. The average Bonchev–Trinajstić information content (AvgIpc) is 2.88. The molecule has 0 aliphatic carbocycles. The fourth-order valence-corrected chi connectivity index (χ4v) is 2.47. The van der Waals surface area contributed by atoms with Crippen molar-refractivity contribution in [3.8, 4) is 5.75 Å². The highest BCUT2D eigenvalue weighted by Crippen LogP contribution is 2.22. The number of nitrogens with two attached hydrogens (primary N) is 1. The SMILES string of the molecule is CCCOc1ccc(C(N)CSc2nnnn2C)cc1. The molecule has 0 aliphatic rings. The second-order valence-electron chi connectivity index (χ2n) is 4.42. The van der Waals surface area contributed by atoms with Crippen LogP contribution in [0.1, 0.15) is 24.9 Å². The predicted molar refractivity (Wildman–Crippen MR) is 78.7 cm³/mol. The van der Waals surface area contributed by atoms with Gasteiger partial charge in [0.2, 0.25) is 5.16 Å². The highest BCUT2D eigenvalue weighted by Gasteiger charge is 2.10. The molecule has 0 bridgehead atoms. The molecule has 0 radical (unpaired) electrons. The first-order valence-corrected chi connectivity index (χ1v) is 7.52. The van der Waals surface area contributed by atoms with Gasteiger partial charge in [0.1, 0.15) is 5.75 Å². The van der Waals surface area contributed by atoms with Crippen molar-refractivity contribution in [2.24, 2.45) is 12.8 Å². The Hall–Kier alpha value is -1.60. The first-order chi connectivity index (χ1) is 9.70. The largest absolute Gasteiger partial charge is 0.494 e. The summed E-state index contributed by atoms with van der Waals surface area (Å²) >= 11 is 1.55. The number of nitrogens with zero attached hydrogens (tertiary/aromatic N) is 4. The summed E-state index contributed by atoms with van der Waals surface area (Å²) in [5.41, 5.74) is 7.25. The van der Waals surface area contributed by atoms with E-state index in [0.29, 0.717) is 0 Å². The van der Waals surface area contributed by atoms with Crippen LogP contribution in [0.2, 0.25) is 0 Å². The van der Waals surface area contributed by atoms with Gasteiger partial charge in [0.05, 0.1) is 6.61 Å². The molecule has 1 heterocycles. The van der Waals surface area contributed by atoms with Crippen molar-refractivity contribution in [1.82, 2.24) is 20.2 Å². The molecule has 7 heteroatoms. The van der Waals surface area contributed by atoms with Gasteiger partial charge >= 0.3 is 0 Å². The fourth-order valence-electron chi connectivity index (χ4n) is 1.64. The smallest absolute Gasteiger partial charge is 0.209 e. The highest BCUT2D eigenvalue weighted by molar-refractivity contribution is 7.99. The normalized spacial score (nSPS) is 12.3. The minimum atomic E-state index is -0.0584. The summed E-state index contributed by atoms with van der Waals surface area (Å²) in [5.74, 6) is 1.61. The van der Waals surface area contributed by atoms with E-state index in [0.717, 1.165) is 35.2 Å². The van der Waals surface area contributed by atoms with Gasteiger partial charge in [-0.1, -0.05) is 30.8 Å². The van der Waals surface area contributed by atoms with Gasteiger partial charge < -0.3 is 10.5 Å². The van der Waals surface area contributed by atoms with E-state index < -0.39 is 0 Å². The van der Waals surface area contributed by atoms with Gasteiger partial charge in [-0.05, 0) is 34.5 Å². The van der Waals surface area contributed by atoms with Gasteiger partial charge in [0.15, 0.2) is 0 Å². The number of aryl methyl sites for hydroxylation is 1. The monoisotopic (exact) mass is 293 g/mol. The molecule has 2 N–H and O–H groups in total. The summed E-state index contributed by atoms with van der Waals surface area (Å²) in [4.78, 5) is 0. The number of hydrogen-bond acceptors (Lipinski definition) is 6. The van der Waals surface area contributed by atoms with Gasteiger partial charge in [0.25, 0.3) is 0 Å². The van der Waals surface area contributed by atoms with Crippen molar-refractivity contribution in [3.63, 3.8) is 0 Å². The summed E-state index contributed by atoms with van der Waals surface area (Å²) in [6, 6.07) is 7.87. The quantitative estimate of drug-likeness (QED) is 0.784. The van der Waals surface area contributed by atoms with Crippen LogP contribution in [0.15, 0.2) is 29.4 Å². The van der Waals surface area contributed by atoms with Gasteiger partial charge in [-0.2, -0.15) is 0 Å². The van der Waals surface area contributed by atoms with Crippen LogP contribution in [0.25, 0.3) is 0 Å². The summed E-state index contributed by atoms with van der Waals surface area (Å²) in [6.07, 6.45) is 1.00. The highest BCUT2D eigenvalue weighted by atomic mass is 32.2. The molecule has 0 saturated heterocycles. The molecule has 2 aromatic rings. The van der Waals surface area contributed by atoms with Crippen LogP contribution in [-0.2, 0) is 7.05 Å². The predicted octanol–water partition coefficient (Wildman–Crippen LogP) is 1.79. The molecule has 6 nitrogen and oxygen atoms in total. The Labute approximate surface area is 122 Å². The fraction of sp³-hybridized carbons (Fsp3) is 0.462. The third kappa shape index (κ3) is 3.94. The van der Waals surface area contributed by atoms with Crippen LogP contribution in [-0.4, -0.2) is 32.6 Å². The molecule has 0 spiro atoms. The first-order valence-electron chi connectivity index (χ1n) is 6.54. The maximum absolute atomic E-state index is 6.17. The molecule has 0 fully saturated rings. The number of benzene rings is 1. The van der Waals surface area contributed by atoms with E-state index in [1.165, 1.54) is 0 Å². The topological polar surface area (TPSA) is 78.8 Å². The average molecular weight is 293 g/mol. The lowest BCUT2D eigenvalue weighted by Gasteiger charge is -2.12. The number of ether oxygens (including phenoxy) is 1. The minimum Gasteiger partial charge on any atom is -0.494 e. The van der Waals surface area contributed by atoms with Crippen molar-refractivity contribution < 1.29 is 4.74 Å². The van der Waals surface area contributed by atoms with Crippen molar-refractivity contribution in [1.29, 1.82) is 0 Å². The Bertz CT molecular complexity index is 528. The zero-order valence-corrected chi connectivity index (χ0v) is 12.5. The maximum Gasteiger partial charge on any atom is 0.209 e. The maximum atomic E-state index is 6.17. The third-order valence-electron chi connectivity index (χ3n) is 2.75. The van der Waals surface area contributed by atoms with Crippen LogP contribution in [0.3, 0.4) is 0 Å². The minimum absolute atomic E-state index is 0.0584. The molecular weight excluding hydrogens is 274 g/mol. The van der Waals surface area contributed by atoms with E-state index >= 15 is 0 Å². The number of aromatic nitrogens is 4. The van der Waals surface area contributed by atoms with E-state index in [2.05, 4.69) is 22.4 Å². The van der Waals surface area contributed by atoms with Crippen molar-refractivity contribution in [3.05, 3.63) is 29.8 Å². The molecule has 1 aromatic carbocycles. The Balaban J connectivity index is 1.88. The van der Waals surface area contributed by atoms with E-state index in [9.17, 15) is 0 Å². The molecule has 2 rings (SSSR count). The van der Waals surface area contributed by atoms with E-state index in [1.54, 1.807) is 16.4 Å². The lowest BCUT2D eigenvalue weighted by Crippen LogP contribution is -2.13. The molecule has 1 unspecified atom stereocenters. The van der Waals surface area contributed by atoms with Crippen molar-refractivity contribution in [2.75, 3.05) is 12.4 Å². The van der Waals surface area contributed by atoms with Crippen LogP contribution in [0.4, 0.5) is 0 Å². The van der Waals surface area contributed by atoms with Crippen molar-refractivity contribution >= 4 is 11.8 Å². The zero-order valence-electron chi connectivity index (χ0n) is 11.7. The van der Waals surface area contributed by atoms with Gasteiger partial charge in [-0.25, -0.2) is 4.68 Å². The summed E-state index contributed by atoms with van der Waals surface area (Å²) in [5, 5.41) is 12.1. The van der Waals surface area contributed by atoms with Gasteiger partial charge in [-0.15, -0.1) is 5.10 Å². The lowest BCUT2D eigenvalue weighted by atomic mass is 10.1. The van der Waals surface area contributed by atoms with Crippen molar-refractivity contribution in [2.45, 2.75) is 24.5 Å². The van der Waals surface area contributed by atoms with Gasteiger partial charge in [-0.3, -0.25) is 0 Å². The van der Waals surface area contributed by atoms with E-state index in [4.69, 9.17) is 10.5 Å². The lowest BCUT2D eigenvalue weighted by molar-refractivity contribution is 0.317. The zero-order chi connectivity index (χ0) is 14.4. The molecule has 1 aromatic heterocycles. The summed E-state index contributed by atoms with van der Waals surface area (Å²) in [7, 11) is 1.81. The van der Waals surface area contributed by atoms with Crippen LogP contribution >= 0.6 is 11.8 Å². The summed E-state index contributed by atoms with van der Waals surface area (Å²) < 4.78 is 7.19. The first kappa shape index (κ1) is 14.8. The molecule has 20 heavy (non-hydrogen) atoms. The molecule has 108 valence electrons. The Morgan fingerprint density at radius 2 is 2.10 bits per heavy atom. The number of tetrazole rings is 1. The van der Waals surface area contributed by atoms with E-state index in [1.807, 2.05) is 31.3 Å². The Morgan fingerprint density at radius 1 is 1.35 bits per heavy atom. The van der Waals surface area contributed by atoms with Crippen LogP contribution in [0, 0.1) is 0 Å². The number of rotatable bonds is 7. The number of thioether (sulfide) groups is 1. The van der Waals surface area contributed by atoms with Crippen LogP contribution in [0.5, 0.6) is 5.75 Å². The number of hydrogen-bond donors (Lipinski definition) is 1. The van der Waals surface area contributed by atoms with E-state index in [-0.39, 0.29) is 6.04 Å². The molecular formula is C13H19N5OS. The summed E-state index contributed by atoms with van der Waals surface area (Å²) in [6.45, 7) is 2.82. The molecule has 0 aliphatic heterocycles. The third-order valence-corrected chi connectivity index (χ3v) is 3.88. The molecule has 1 atom stereocenters. The molecule has 0 amide bonds. The Kier molecular flexibility index (Phi) is 5.37. The second kappa shape index (κ2) is 7.25. The van der Waals surface area contributed by atoms with Gasteiger partial charge in [0, 0.05) is 18.8 Å². The Morgan fingerprint density at radius 3 is 2.70 bits per heavy atom. The standard InChI is InChI=1S/C13H19N5OS/c1-3-8-19-11-6-4-10(5-7-11)12(14)9-20-13-15-16-17-18(13)2/h4-7,12H,3,8-9,14H2,1-2H3. The van der Waals surface area contributed by atoms with Crippen LogP contribution < -0.4 is 10.5 Å².